The van der Waals surface area contributed by atoms with Crippen molar-refractivity contribution in [3.63, 3.8) is 0 Å². The number of furan rings is 2. The predicted molar refractivity (Wildman–Crippen MR) is 135 cm³/mol. The first-order chi connectivity index (χ1) is 17.2. The highest BCUT2D eigenvalue weighted by Crippen LogP contribution is 2.23. The van der Waals surface area contributed by atoms with Crippen molar-refractivity contribution in [2.24, 2.45) is 0 Å². The zero-order valence-corrected chi connectivity index (χ0v) is 19.9. The Bertz CT molecular complexity index is 1200. The van der Waals surface area contributed by atoms with E-state index in [9.17, 15) is 29.7 Å². The fourth-order valence-corrected chi connectivity index (χ4v) is 3.84. The third-order valence-electron chi connectivity index (χ3n) is 5.50. The van der Waals surface area contributed by atoms with Crippen LogP contribution in [0, 0.1) is 0 Å². The van der Waals surface area contributed by atoms with Crippen LogP contribution in [0.1, 0.15) is 25.0 Å². The number of benzene rings is 2. The summed E-state index contributed by atoms with van der Waals surface area (Å²) in [4.78, 5) is 22.0. The summed E-state index contributed by atoms with van der Waals surface area (Å²) in [6, 6.07) is 14.9. The molecule has 2 heterocycles. The van der Waals surface area contributed by atoms with Gasteiger partial charge in [0.25, 0.3) is 0 Å². The van der Waals surface area contributed by atoms with Crippen molar-refractivity contribution >= 4 is 48.0 Å². The summed E-state index contributed by atoms with van der Waals surface area (Å²) in [5, 5.41) is 43.8. The van der Waals surface area contributed by atoms with E-state index in [1.54, 1.807) is 12.5 Å². The average molecular weight is 494 g/mol. The highest BCUT2D eigenvalue weighted by atomic mass is 16.4. The van der Waals surface area contributed by atoms with Crippen LogP contribution in [0.15, 0.2) is 69.9 Å². The molecule has 0 aliphatic heterocycles. The number of rotatable bonds is 8. The van der Waals surface area contributed by atoms with Gasteiger partial charge in [0.2, 0.25) is 11.8 Å². The minimum absolute atomic E-state index is 0.300. The number of carbonyl (C=O) groups excluding carboxylic acids is 2. The molecule has 12 heteroatoms. The molecular weight excluding hydrogens is 466 g/mol. The summed E-state index contributed by atoms with van der Waals surface area (Å²) in [5.74, 6) is -2.10. The predicted octanol–water partition coefficient (Wildman–Crippen LogP) is 0.984. The molecule has 2 aromatic heterocycles. The molecule has 188 valence electrons. The topological polar surface area (TPSA) is 165 Å². The fourth-order valence-electron chi connectivity index (χ4n) is 3.84. The van der Waals surface area contributed by atoms with Crippen molar-refractivity contribution < 1.29 is 38.5 Å². The first-order valence-corrected chi connectivity index (χ1v) is 11.3. The van der Waals surface area contributed by atoms with E-state index >= 15 is 0 Å². The lowest BCUT2D eigenvalue weighted by Crippen LogP contribution is -2.47. The van der Waals surface area contributed by atoms with Crippen molar-refractivity contribution in [3.05, 3.63) is 72.2 Å². The number of para-hydroxylation sites is 2. The molecule has 2 atom stereocenters. The summed E-state index contributed by atoms with van der Waals surface area (Å²) >= 11 is 0. The normalized spacial score (nSPS) is 12.4. The second kappa shape index (κ2) is 12.4. The Hall–Kier alpha value is -3.57. The molecule has 36 heavy (non-hydrogen) atoms. The zero-order valence-electron chi connectivity index (χ0n) is 19.9. The van der Waals surface area contributed by atoms with Crippen LogP contribution in [0.4, 0.5) is 0 Å². The van der Waals surface area contributed by atoms with Crippen molar-refractivity contribution in [2.75, 3.05) is 0 Å². The van der Waals surface area contributed by atoms with Crippen molar-refractivity contribution in [1.29, 1.82) is 0 Å². The summed E-state index contributed by atoms with van der Waals surface area (Å²) in [5.41, 5.74) is 3.14. The molecule has 0 radical (unpaired) electrons. The number of hydrogen-bond donors (Lipinski definition) is 6. The maximum atomic E-state index is 11.0. The van der Waals surface area contributed by atoms with Gasteiger partial charge in [-0.05, 0) is 36.1 Å². The molecule has 2 aromatic carbocycles. The lowest BCUT2D eigenvalue weighted by atomic mass is 9.76. The van der Waals surface area contributed by atoms with E-state index in [4.69, 9.17) is 8.83 Å². The molecule has 0 aliphatic carbocycles. The Morgan fingerprint density at radius 1 is 0.722 bits per heavy atom. The van der Waals surface area contributed by atoms with E-state index in [-0.39, 0.29) is 11.8 Å². The minimum atomic E-state index is -1.61. The minimum Gasteiger partial charge on any atom is -0.464 e. The Morgan fingerprint density at radius 3 is 1.42 bits per heavy atom. The molecule has 0 saturated carbocycles. The van der Waals surface area contributed by atoms with Gasteiger partial charge in [-0.15, -0.1) is 0 Å². The second-order valence-electron chi connectivity index (χ2n) is 8.36. The standard InChI is InChI=1S/2C12H14BNO4/c2*1-8(15)14-12(13(16)17)6-9-7-18-11-5-3-2-4-10(9)11/h2*2-5,7,12,16-17H,6H2,1H3,(H,14,15)/t2*12-/m00/s1. The van der Waals surface area contributed by atoms with Gasteiger partial charge in [-0.2, -0.15) is 0 Å². The molecule has 6 N–H and O–H groups in total. The molecule has 4 rings (SSSR count). The van der Waals surface area contributed by atoms with Crippen LogP contribution in [0.5, 0.6) is 0 Å². The Labute approximate surface area is 208 Å². The highest BCUT2D eigenvalue weighted by Gasteiger charge is 2.26. The number of fused-ring (bicyclic) bond motifs is 2. The molecule has 0 bridgehead atoms. The van der Waals surface area contributed by atoms with Crippen molar-refractivity contribution in [3.8, 4) is 0 Å². The quantitative estimate of drug-likeness (QED) is 0.197. The fraction of sp³-hybridized carbons (Fsp3) is 0.250. The van der Waals surface area contributed by atoms with Gasteiger partial charge in [0.05, 0.1) is 24.4 Å². The number of carbonyl (C=O) groups is 2. The van der Waals surface area contributed by atoms with Crippen LogP contribution in [0.3, 0.4) is 0 Å². The molecule has 0 aliphatic rings. The molecular formula is C24H28B2N2O8. The van der Waals surface area contributed by atoms with Crippen LogP contribution in [0.2, 0.25) is 0 Å². The summed E-state index contributed by atoms with van der Waals surface area (Å²) in [6.45, 7) is 2.67. The maximum Gasteiger partial charge on any atom is 0.475 e. The maximum absolute atomic E-state index is 11.0. The molecule has 0 spiro atoms. The van der Waals surface area contributed by atoms with Crippen LogP contribution in [0.25, 0.3) is 21.9 Å². The van der Waals surface area contributed by atoms with Gasteiger partial charge in [-0.25, -0.2) is 0 Å². The van der Waals surface area contributed by atoms with Gasteiger partial charge in [-0.1, -0.05) is 36.4 Å². The van der Waals surface area contributed by atoms with E-state index in [0.717, 1.165) is 33.1 Å². The van der Waals surface area contributed by atoms with E-state index < -0.39 is 26.1 Å². The summed E-state index contributed by atoms with van der Waals surface area (Å²) < 4.78 is 10.7. The monoisotopic (exact) mass is 494 g/mol. The van der Waals surface area contributed by atoms with Crippen molar-refractivity contribution in [2.45, 2.75) is 38.6 Å². The smallest absolute Gasteiger partial charge is 0.464 e. The van der Waals surface area contributed by atoms with E-state index in [0.29, 0.717) is 12.8 Å². The van der Waals surface area contributed by atoms with Crippen LogP contribution in [-0.2, 0) is 22.4 Å². The third-order valence-corrected chi connectivity index (χ3v) is 5.50. The van der Waals surface area contributed by atoms with Gasteiger partial charge in [0.15, 0.2) is 0 Å². The first kappa shape index (κ1) is 27.0. The molecule has 0 saturated heterocycles. The molecule has 4 aromatic rings. The lowest BCUT2D eigenvalue weighted by molar-refractivity contribution is -0.120. The molecule has 2 amide bonds. The van der Waals surface area contributed by atoms with Crippen molar-refractivity contribution in [1.82, 2.24) is 10.6 Å². The zero-order chi connectivity index (χ0) is 26.2. The molecule has 0 unspecified atom stereocenters. The Balaban J connectivity index is 0.000000201. The number of amides is 2. The summed E-state index contributed by atoms with van der Waals surface area (Å²) in [6.07, 6.45) is 3.74. The van der Waals surface area contributed by atoms with Crippen LogP contribution < -0.4 is 10.6 Å². The van der Waals surface area contributed by atoms with E-state index in [2.05, 4.69) is 10.6 Å². The van der Waals surface area contributed by atoms with E-state index in [1.165, 1.54) is 13.8 Å². The van der Waals surface area contributed by atoms with E-state index in [1.807, 2.05) is 48.5 Å². The van der Waals surface area contributed by atoms with Gasteiger partial charge in [0, 0.05) is 24.6 Å². The number of hydrogen-bond acceptors (Lipinski definition) is 8. The third kappa shape index (κ3) is 7.22. The number of nitrogens with one attached hydrogen (secondary N) is 2. The largest absolute Gasteiger partial charge is 0.475 e. The Kier molecular flexibility index (Phi) is 9.31. The van der Waals surface area contributed by atoms with Gasteiger partial charge >= 0.3 is 14.2 Å². The Morgan fingerprint density at radius 2 is 1.08 bits per heavy atom. The SMILES string of the molecule is CC(=O)N[C@@H](Cc1coc2ccccc12)B(O)O.CC(=O)N[C@@H](Cc1coc2ccccc12)B(O)O. The summed E-state index contributed by atoms with van der Waals surface area (Å²) in [7, 11) is -3.22. The van der Waals surface area contributed by atoms with Gasteiger partial charge in [-0.3, -0.25) is 9.59 Å². The molecule has 0 fully saturated rings. The van der Waals surface area contributed by atoms with Gasteiger partial charge < -0.3 is 39.6 Å². The van der Waals surface area contributed by atoms with Crippen LogP contribution in [-0.4, -0.2) is 58.0 Å². The second-order valence-corrected chi connectivity index (χ2v) is 8.36. The van der Waals surface area contributed by atoms with Gasteiger partial charge in [0.1, 0.15) is 11.2 Å². The van der Waals surface area contributed by atoms with Crippen LogP contribution >= 0.6 is 0 Å². The average Bonchev–Trinajstić information content (AvgIpc) is 3.42. The molecule has 10 nitrogen and oxygen atoms in total. The first-order valence-electron chi connectivity index (χ1n) is 11.3. The highest BCUT2D eigenvalue weighted by molar-refractivity contribution is 6.44. The lowest BCUT2D eigenvalue weighted by Gasteiger charge is -2.15.